The minimum atomic E-state index is -0.475. The van der Waals surface area contributed by atoms with Crippen LogP contribution >= 0.6 is 0 Å². The topological polar surface area (TPSA) is 103 Å². The third kappa shape index (κ3) is 3.39. The Kier molecular flexibility index (Phi) is 4.90. The summed E-state index contributed by atoms with van der Waals surface area (Å²) in [7, 11) is 1.40. The Hall–Kier alpha value is -3.46. The third-order valence-corrected chi connectivity index (χ3v) is 4.64. The lowest BCUT2D eigenvalue weighted by molar-refractivity contribution is -0.385. The van der Waals surface area contributed by atoms with Gasteiger partial charge in [0, 0.05) is 25.2 Å². The molecular weight excluding hydrogens is 362 g/mol. The monoisotopic (exact) mass is 381 g/mol. The normalized spacial score (nSPS) is 14.1. The third-order valence-electron chi connectivity index (χ3n) is 4.64. The average molecular weight is 381 g/mol. The number of nitrogens with zero attached hydrogens (tertiary/aromatic N) is 4. The van der Waals surface area contributed by atoms with E-state index >= 15 is 0 Å². The molecule has 0 aliphatic carbocycles. The van der Waals surface area contributed by atoms with Crippen LogP contribution < -0.4 is 15.0 Å². The second-order valence-electron chi connectivity index (χ2n) is 6.26. The van der Waals surface area contributed by atoms with Crippen molar-refractivity contribution < 1.29 is 14.4 Å². The smallest absolute Gasteiger partial charge is 0.311 e. The Balaban J connectivity index is 1.76. The standard InChI is InChI=1S/C19H19N5O4/c1-27-18-11-15-13(10-17(18)24(25)26)19(21-12-20-15)22-14-4-2-3-5-16(14)23-6-8-28-9-7-23/h2-5,10-12H,6-9H2,1H3,(H,20,21,22). The highest BCUT2D eigenvalue weighted by molar-refractivity contribution is 5.94. The predicted molar refractivity (Wildman–Crippen MR) is 106 cm³/mol. The van der Waals surface area contributed by atoms with Crippen LogP contribution in [0.4, 0.5) is 22.9 Å². The van der Waals surface area contributed by atoms with Crippen molar-refractivity contribution in [3.63, 3.8) is 0 Å². The molecule has 9 nitrogen and oxygen atoms in total. The van der Waals surface area contributed by atoms with Gasteiger partial charge in [0.15, 0.2) is 5.75 Å². The van der Waals surface area contributed by atoms with Gasteiger partial charge < -0.3 is 19.7 Å². The molecule has 0 amide bonds. The zero-order valence-corrected chi connectivity index (χ0v) is 15.3. The maximum absolute atomic E-state index is 11.4. The number of ether oxygens (including phenoxy) is 2. The SMILES string of the molecule is COc1cc2ncnc(Nc3ccccc3N3CCOCC3)c2cc1[N+](=O)[O-]. The molecule has 2 aromatic carbocycles. The summed E-state index contributed by atoms with van der Waals surface area (Å²) in [5, 5.41) is 15.3. The van der Waals surface area contributed by atoms with Crippen molar-refractivity contribution in [1.82, 2.24) is 9.97 Å². The van der Waals surface area contributed by atoms with Gasteiger partial charge in [0.25, 0.3) is 0 Å². The minimum Gasteiger partial charge on any atom is -0.490 e. The molecule has 0 saturated carbocycles. The molecule has 1 aliphatic heterocycles. The van der Waals surface area contributed by atoms with Crippen molar-refractivity contribution >= 4 is 33.8 Å². The molecule has 2 heterocycles. The highest BCUT2D eigenvalue weighted by atomic mass is 16.6. The molecular formula is C19H19N5O4. The number of methoxy groups -OCH3 is 1. The molecule has 1 aliphatic rings. The Morgan fingerprint density at radius 2 is 2.00 bits per heavy atom. The van der Waals surface area contributed by atoms with E-state index < -0.39 is 4.92 Å². The van der Waals surface area contributed by atoms with Gasteiger partial charge in [0.2, 0.25) is 0 Å². The quantitative estimate of drug-likeness (QED) is 0.531. The highest BCUT2D eigenvalue weighted by Gasteiger charge is 2.20. The number of nitro benzene ring substituents is 1. The maximum atomic E-state index is 11.4. The Morgan fingerprint density at radius 1 is 1.21 bits per heavy atom. The molecule has 1 saturated heterocycles. The molecule has 0 atom stereocenters. The maximum Gasteiger partial charge on any atom is 0.311 e. The van der Waals surface area contributed by atoms with Gasteiger partial charge in [0.1, 0.15) is 12.1 Å². The van der Waals surface area contributed by atoms with E-state index in [0.29, 0.717) is 29.9 Å². The van der Waals surface area contributed by atoms with Crippen molar-refractivity contribution in [1.29, 1.82) is 0 Å². The van der Waals surface area contributed by atoms with Crippen molar-refractivity contribution in [3.8, 4) is 5.75 Å². The van der Waals surface area contributed by atoms with Crippen LogP contribution in [0.5, 0.6) is 5.75 Å². The number of morpholine rings is 1. The van der Waals surface area contributed by atoms with Gasteiger partial charge in [-0.15, -0.1) is 0 Å². The number of nitrogens with one attached hydrogen (secondary N) is 1. The molecule has 0 radical (unpaired) electrons. The van der Waals surface area contributed by atoms with Crippen LogP contribution in [0.2, 0.25) is 0 Å². The number of fused-ring (bicyclic) bond motifs is 1. The molecule has 144 valence electrons. The first-order valence-electron chi connectivity index (χ1n) is 8.83. The summed E-state index contributed by atoms with van der Waals surface area (Å²) in [6, 6.07) is 10.9. The van der Waals surface area contributed by atoms with E-state index in [0.717, 1.165) is 24.5 Å². The Morgan fingerprint density at radius 3 is 2.75 bits per heavy atom. The van der Waals surface area contributed by atoms with Crippen molar-refractivity contribution in [3.05, 3.63) is 52.8 Å². The van der Waals surface area contributed by atoms with Gasteiger partial charge in [0.05, 0.1) is 47.5 Å². The van der Waals surface area contributed by atoms with Crippen molar-refractivity contribution in [2.75, 3.05) is 43.6 Å². The minimum absolute atomic E-state index is 0.130. The first kappa shape index (κ1) is 17.9. The van der Waals surface area contributed by atoms with Gasteiger partial charge in [-0.2, -0.15) is 0 Å². The van der Waals surface area contributed by atoms with Gasteiger partial charge >= 0.3 is 5.69 Å². The van der Waals surface area contributed by atoms with Crippen LogP contribution in [-0.2, 0) is 4.74 Å². The number of para-hydroxylation sites is 2. The van der Waals surface area contributed by atoms with Crippen molar-refractivity contribution in [2.24, 2.45) is 0 Å². The number of aromatic nitrogens is 2. The largest absolute Gasteiger partial charge is 0.490 e. The summed E-state index contributed by atoms with van der Waals surface area (Å²) >= 11 is 0. The van der Waals surface area contributed by atoms with Crippen molar-refractivity contribution in [2.45, 2.75) is 0 Å². The summed E-state index contributed by atoms with van der Waals surface area (Å²) in [4.78, 5) is 21.7. The summed E-state index contributed by atoms with van der Waals surface area (Å²) in [5.41, 5.74) is 2.32. The van der Waals surface area contributed by atoms with Crippen LogP contribution in [0.3, 0.4) is 0 Å². The lowest BCUT2D eigenvalue weighted by atomic mass is 10.1. The van der Waals surface area contributed by atoms with E-state index in [2.05, 4.69) is 20.2 Å². The van der Waals surface area contributed by atoms with E-state index in [1.54, 1.807) is 6.07 Å². The fourth-order valence-electron chi connectivity index (χ4n) is 3.27. The highest BCUT2D eigenvalue weighted by Crippen LogP contribution is 2.36. The molecule has 0 bridgehead atoms. The van der Waals surface area contributed by atoms with Gasteiger partial charge in [-0.1, -0.05) is 12.1 Å². The molecule has 1 N–H and O–H groups in total. The predicted octanol–water partition coefficient (Wildman–Crippen LogP) is 3.13. The number of benzene rings is 2. The van der Waals surface area contributed by atoms with Crippen LogP contribution in [0.25, 0.3) is 10.9 Å². The van der Waals surface area contributed by atoms with E-state index in [1.165, 1.54) is 19.5 Å². The first-order valence-corrected chi connectivity index (χ1v) is 8.83. The number of nitro groups is 1. The number of rotatable bonds is 5. The number of hydrogen-bond donors (Lipinski definition) is 1. The Bertz CT molecular complexity index is 1020. The summed E-state index contributed by atoms with van der Waals surface area (Å²) in [6.45, 7) is 2.95. The van der Waals surface area contributed by atoms with Crippen LogP contribution in [0, 0.1) is 10.1 Å². The molecule has 3 aromatic rings. The molecule has 0 spiro atoms. The van der Waals surface area contributed by atoms with Crippen LogP contribution in [0.1, 0.15) is 0 Å². The second kappa shape index (κ2) is 7.65. The van der Waals surface area contributed by atoms with E-state index in [9.17, 15) is 10.1 Å². The Labute approximate surface area is 161 Å². The van der Waals surface area contributed by atoms with Crippen LogP contribution in [0.15, 0.2) is 42.7 Å². The van der Waals surface area contributed by atoms with E-state index in [4.69, 9.17) is 9.47 Å². The zero-order chi connectivity index (χ0) is 19.5. The average Bonchev–Trinajstić information content (AvgIpc) is 2.74. The van der Waals surface area contributed by atoms with E-state index in [1.807, 2.05) is 24.3 Å². The molecule has 1 fully saturated rings. The lowest BCUT2D eigenvalue weighted by Crippen LogP contribution is -2.36. The number of hydrogen-bond acceptors (Lipinski definition) is 8. The first-order chi connectivity index (χ1) is 13.7. The van der Waals surface area contributed by atoms with Gasteiger partial charge in [-0.3, -0.25) is 10.1 Å². The molecule has 9 heteroatoms. The molecule has 1 aromatic heterocycles. The van der Waals surface area contributed by atoms with Gasteiger partial charge in [-0.25, -0.2) is 9.97 Å². The van der Waals surface area contributed by atoms with E-state index in [-0.39, 0.29) is 11.4 Å². The summed E-state index contributed by atoms with van der Waals surface area (Å²) in [6.07, 6.45) is 1.42. The van der Waals surface area contributed by atoms with Gasteiger partial charge in [-0.05, 0) is 12.1 Å². The molecule has 0 unspecified atom stereocenters. The fraction of sp³-hybridized carbons (Fsp3) is 0.263. The zero-order valence-electron chi connectivity index (χ0n) is 15.3. The summed E-state index contributed by atoms with van der Waals surface area (Å²) < 4.78 is 10.6. The van der Waals surface area contributed by atoms with Crippen LogP contribution in [-0.4, -0.2) is 48.3 Å². The second-order valence-corrected chi connectivity index (χ2v) is 6.26. The fourth-order valence-corrected chi connectivity index (χ4v) is 3.27. The molecule has 4 rings (SSSR count). The summed E-state index contributed by atoms with van der Waals surface area (Å²) in [5.74, 6) is 0.660. The number of anilines is 3. The lowest BCUT2D eigenvalue weighted by Gasteiger charge is -2.30. The molecule has 28 heavy (non-hydrogen) atoms.